The zero-order chi connectivity index (χ0) is 11.5. The summed E-state index contributed by atoms with van der Waals surface area (Å²) in [6.45, 7) is 3.05. The SMILES string of the molecule is COC1(C)CCCN(C(=O)CC(=O)O)C1. The molecule has 86 valence electrons. The fourth-order valence-electron chi connectivity index (χ4n) is 1.83. The lowest BCUT2D eigenvalue weighted by Gasteiger charge is -2.39. The quantitative estimate of drug-likeness (QED) is 0.696. The Kier molecular flexibility index (Phi) is 3.68. The smallest absolute Gasteiger partial charge is 0.312 e. The second kappa shape index (κ2) is 4.61. The van der Waals surface area contributed by atoms with Crippen molar-refractivity contribution >= 4 is 11.9 Å². The maximum Gasteiger partial charge on any atom is 0.312 e. The van der Waals surface area contributed by atoms with Gasteiger partial charge in [0.25, 0.3) is 0 Å². The van der Waals surface area contributed by atoms with Gasteiger partial charge in [0.05, 0.1) is 5.60 Å². The largest absolute Gasteiger partial charge is 0.481 e. The minimum atomic E-state index is -1.08. The van der Waals surface area contributed by atoms with Crippen LogP contribution >= 0.6 is 0 Å². The molecule has 0 spiro atoms. The fourth-order valence-corrected chi connectivity index (χ4v) is 1.83. The van der Waals surface area contributed by atoms with Gasteiger partial charge in [0, 0.05) is 20.2 Å². The average molecular weight is 215 g/mol. The van der Waals surface area contributed by atoms with Gasteiger partial charge in [-0.15, -0.1) is 0 Å². The number of hydrogen-bond acceptors (Lipinski definition) is 3. The summed E-state index contributed by atoms with van der Waals surface area (Å²) in [4.78, 5) is 23.5. The van der Waals surface area contributed by atoms with Crippen molar-refractivity contribution in [2.45, 2.75) is 31.8 Å². The van der Waals surface area contributed by atoms with E-state index in [1.54, 1.807) is 12.0 Å². The van der Waals surface area contributed by atoms with Crippen LogP contribution in [-0.4, -0.2) is 47.7 Å². The second-order valence-corrected chi connectivity index (χ2v) is 4.14. The molecule has 1 aliphatic rings. The van der Waals surface area contributed by atoms with E-state index in [2.05, 4.69) is 0 Å². The van der Waals surface area contributed by atoms with Crippen LogP contribution in [0.1, 0.15) is 26.2 Å². The molecule has 1 heterocycles. The van der Waals surface area contributed by atoms with Crippen molar-refractivity contribution in [1.82, 2.24) is 4.90 Å². The molecule has 5 nitrogen and oxygen atoms in total. The Bertz CT molecular complexity index is 266. The molecule has 1 rings (SSSR count). The summed E-state index contributed by atoms with van der Waals surface area (Å²) in [5, 5.41) is 8.52. The van der Waals surface area contributed by atoms with Gasteiger partial charge in [0.15, 0.2) is 0 Å². The molecule has 0 bridgehead atoms. The number of piperidine rings is 1. The van der Waals surface area contributed by atoms with Crippen LogP contribution in [0.3, 0.4) is 0 Å². The first kappa shape index (κ1) is 12.0. The van der Waals surface area contributed by atoms with Crippen molar-refractivity contribution in [2.75, 3.05) is 20.2 Å². The molecule has 1 atom stereocenters. The number of carbonyl (C=O) groups is 2. The summed E-state index contributed by atoms with van der Waals surface area (Å²) in [6.07, 6.45) is 1.33. The van der Waals surface area contributed by atoms with Crippen molar-refractivity contribution in [3.8, 4) is 0 Å². The highest BCUT2D eigenvalue weighted by atomic mass is 16.5. The third kappa shape index (κ3) is 3.20. The number of aliphatic carboxylic acids is 1. The highest BCUT2D eigenvalue weighted by Crippen LogP contribution is 2.24. The summed E-state index contributed by atoms with van der Waals surface area (Å²) in [6, 6.07) is 0. The van der Waals surface area contributed by atoms with Gasteiger partial charge in [-0.05, 0) is 19.8 Å². The number of hydrogen-bond donors (Lipinski definition) is 1. The number of carbonyl (C=O) groups excluding carboxylic acids is 1. The van der Waals surface area contributed by atoms with Gasteiger partial charge in [-0.25, -0.2) is 0 Å². The van der Waals surface area contributed by atoms with E-state index in [-0.39, 0.29) is 11.5 Å². The molecule has 0 aromatic rings. The lowest BCUT2D eigenvalue weighted by Crippen LogP contribution is -2.50. The van der Waals surface area contributed by atoms with Gasteiger partial charge >= 0.3 is 5.97 Å². The third-order valence-corrected chi connectivity index (χ3v) is 2.81. The highest BCUT2D eigenvalue weighted by Gasteiger charge is 2.33. The second-order valence-electron chi connectivity index (χ2n) is 4.14. The fraction of sp³-hybridized carbons (Fsp3) is 0.800. The minimum Gasteiger partial charge on any atom is -0.481 e. The Balaban J connectivity index is 2.56. The molecule has 0 aromatic heterocycles. The van der Waals surface area contributed by atoms with Gasteiger partial charge in [-0.2, -0.15) is 0 Å². The Morgan fingerprint density at radius 1 is 1.53 bits per heavy atom. The average Bonchev–Trinajstić information content (AvgIpc) is 2.17. The van der Waals surface area contributed by atoms with Crippen LogP contribution in [0.25, 0.3) is 0 Å². The van der Waals surface area contributed by atoms with E-state index in [0.29, 0.717) is 13.1 Å². The van der Waals surface area contributed by atoms with Crippen LogP contribution in [0, 0.1) is 0 Å². The number of carboxylic acids is 1. The van der Waals surface area contributed by atoms with Gasteiger partial charge < -0.3 is 14.7 Å². The zero-order valence-electron chi connectivity index (χ0n) is 9.15. The Morgan fingerprint density at radius 2 is 2.20 bits per heavy atom. The first-order chi connectivity index (χ1) is 6.97. The van der Waals surface area contributed by atoms with E-state index in [1.165, 1.54) is 0 Å². The first-order valence-corrected chi connectivity index (χ1v) is 5.01. The summed E-state index contributed by atoms with van der Waals surface area (Å²) in [7, 11) is 1.62. The number of rotatable bonds is 3. The van der Waals surface area contributed by atoms with Gasteiger partial charge in [0.2, 0.25) is 5.91 Å². The molecule has 1 N–H and O–H groups in total. The van der Waals surface area contributed by atoms with Crippen molar-refractivity contribution in [3.05, 3.63) is 0 Å². The molecule has 0 aromatic carbocycles. The van der Waals surface area contributed by atoms with Crippen LogP contribution in [-0.2, 0) is 14.3 Å². The number of methoxy groups -OCH3 is 1. The summed E-state index contributed by atoms with van der Waals surface area (Å²) < 4.78 is 5.32. The highest BCUT2D eigenvalue weighted by molar-refractivity contribution is 5.93. The Labute approximate surface area is 89.0 Å². The standard InChI is InChI=1S/C10H17NO4/c1-10(15-2)4-3-5-11(7-10)8(12)6-9(13)14/h3-7H2,1-2H3,(H,13,14). The van der Waals surface area contributed by atoms with Crippen molar-refractivity contribution < 1.29 is 19.4 Å². The van der Waals surface area contributed by atoms with Crippen LogP contribution in [0.5, 0.6) is 0 Å². The Morgan fingerprint density at radius 3 is 2.73 bits per heavy atom. The van der Waals surface area contributed by atoms with Crippen molar-refractivity contribution in [3.63, 3.8) is 0 Å². The number of likely N-dealkylation sites (tertiary alicyclic amines) is 1. The van der Waals surface area contributed by atoms with Crippen LogP contribution in [0.15, 0.2) is 0 Å². The number of carboxylic acid groups (broad SMARTS) is 1. The van der Waals surface area contributed by atoms with Crippen molar-refractivity contribution in [1.29, 1.82) is 0 Å². The summed E-state index contributed by atoms with van der Waals surface area (Å²) in [5.41, 5.74) is -0.327. The molecular formula is C10H17NO4. The maximum absolute atomic E-state index is 11.5. The lowest BCUT2D eigenvalue weighted by molar-refractivity contribution is -0.148. The minimum absolute atomic E-state index is 0.327. The molecule has 1 saturated heterocycles. The molecule has 1 aliphatic heterocycles. The number of nitrogens with zero attached hydrogens (tertiary/aromatic N) is 1. The molecular weight excluding hydrogens is 198 g/mol. The molecule has 0 aliphatic carbocycles. The van der Waals surface area contributed by atoms with Gasteiger partial charge in [-0.1, -0.05) is 0 Å². The van der Waals surface area contributed by atoms with Crippen LogP contribution in [0.2, 0.25) is 0 Å². The van der Waals surface area contributed by atoms with E-state index in [0.717, 1.165) is 12.8 Å². The lowest BCUT2D eigenvalue weighted by atomic mass is 9.94. The van der Waals surface area contributed by atoms with E-state index < -0.39 is 12.4 Å². The predicted molar refractivity (Wildman–Crippen MR) is 53.5 cm³/mol. The molecule has 15 heavy (non-hydrogen) atoms. The summed E-state index contributed by atoms with van der Waals surface area (Å²) in [5.74, 6) is -1.41. The van der Waals surface area contributed by atoms with E-state index in [4.69, 9.17) is 9.84 Å². The number of ether oxygens (including phenoxy) is 1. The van der Waals surface area contributed by atoms with Gasteiger partial charge in [-0.3, -0.25) is 9.59 Å². The normalized spacial score (nSPS) is 26.4. The van der Waals surface area contributed by atoms with E-state index in [9.17, 15) is 9.59 Å². The molecule has 0 radical (unpaired) electrons. The van der Waals surface area contributed by atoms with Gasteiger partial charge in [0.1, 0.15) is 6.42 Å². The first-order valence-electron chi connectivity index (χ1n) is 5.01. The topological polar surface area (TPSA) is 66.8 Å². The van der Waals surface area contributed by atoms with Crippen LogP contribution in [0.4, 0.5) is 0 Å². The molecule has 1 amide bonds. The van der Waals surface area contributed by atoms with Crippen LogP contribution < -0.4 is 0 Å². The zero-order valence-corrected chi connectivity index (χ0v) is 9.15. The molecule has 0 saturated carbocycles. The molecule has 1 fully saturated rings. The Hall–Kier alpha value is -1.10. The monoisotopic (exact) mass is 215 g/mol. The predicted octanol–water partition coefficient (Wildman–Crippen LogP) is 0.489. The van der Waals surface area contributed by atoms with Crippen molar-refractivity contribution in [2.24, 2.45) is 0 Å². The third-order valence-electron chi connectivity index (χ3n) is 2.81. The molecule has 5 heteroatoms. The summed E-state index contributed by atoms with van der Waals surface area (Å²) >= 11 is 0. The maximum atomic E-state index is 11.5. The van der Waals surface area contributed by atoms with E-state index in [1.807, 2.05) is 6.92 Å². The van der Waals surface area contributed by atoms with E-state index >= 15 is 0 Å². The molecule has 1 unspecified atom stereocenters. The number of amides is 1.